The minimum absolute atomic E-state index is 0.0669. The van der Waals surface area contributed by atoms with Crippen LogP contribution in [0.5, 0.6) is 0 Å². The summed E-state index contributed by atoms with van der Waals surface area (Å²) in [5.41, 5.74) is 2.25. The number of oxazole rings is 1. The van der Waals surface area contributed by atoms with Gasteiger partial charge in [-0.25, -0.2) is 9.37 Å². The summed E-state index contributed by atoms with van der Waals surface area (Å²) in [5, 5.41) is 5.37. The van der Waals surface area contributed by atoms with Gasteiger partial charge >= 0.3 is 0 Å². The lowest BCUT2D eigenvalue weighted by atomic mass is 10.1. The van der Waals surface area contributed by atoms with Crippen LogP contribution >= 0.6 is 0 Å². The van der Waals surface area contributed by atoms with E-state index < -0.39 is 0 Å². The summed E-state index contributed by atoms with van der Waals surface area (Å²) in [5.74, 6) is 0.419. The van der Waals surface area contributed by atoms with Crippen molar-refractivity contribution in [2.75, 3.05) is 12.4 Å². The second-order valence-corrected chi connectivity index (χ2v) is 6.22. The van der Waals surface area contributed by atoms with E-state index in [1.165, 1.54) is 12.1 Å². The van der Waals surface area contributed by atoms with Gasteiger partial charge in [0.25, 0.3) is 0 Å². The van der Waals surface area contributed by atoms with Crippen molar-refractivity contribution in [3.05, 3.63) is 72.0 Å². The SMILES string of the molecule is CNC(=O)Cc1ccc(NC(=O)CCc2ncc(-c3ccc(F)cc3)o2)cc1. The minimum Gasteiger partial charge on any atom is -0.441 e. The fraction of sp³-hybridized carbons (Fsp3) is 0.190. The number of rotatable bonds is 7. The first-order valence-electron chi connectivity index (χ1n) is 8.83. The molecule has 6 nitrogen and oxygen atoms in total. The smallest absolute Gasteiger partial charge is 0.224 e. The van der Waals surface area contributed by atoms with E-state index in [0.717, 1.165) is 11.1 Å². The summed E-state index contributed by atoms with van der Waals surface area (Å²) >= 11 is 0. The Balaban J connectivity index is 1.50. The van der Waals surface area contributed by atoms with E-state index in [9.17, 15) is 14.0 Å². The van der Waals surface area contributed by atoms with Crippen molar-refractivity contribution in [2.45, 2.75) is 19.3 Å². The highest BCUT2D eigenvalue weighted by atomic mass is 19.1. The van der Waals surface area contributed by atoms with Crippen molar-refractivity contribution >= 4 is 17.5 Å². The molecule has 0 aliphatic heterocycles. The highest BCUT2D eigenvalue weighted by molar-refractivity contribution is 5.90. The summed E-state index contributed by atoms with van der Waals surface area (Å²) in [6.07, 6.45) is 2.42. The van der Waals surface area contributed by atoms with E-state index in [4.69, 9.17) is 4.42 Å². The summed E-state index contributed by atoms with van der Waals surface area (Å²) < 4.78 is 18.6. The van der Waals surface area contributed by atoms with E-state index in [2.05, 4.69) is 15.6 Å². The molecule has 0 bridgehead atoms. The number of hydrogen-bond acceptors (Lipinski definition) is 4. The summed E-state index contributed by atoms with van der Waals surface area (Å²) in [7, 11) is 1.59. The number of aromatic nitrogens is 1. The van der Waals surface area contributed by atoms with E-state index in [1.54, 1.807) is 49.6 Å². The fourth-order valence-electron chi connectivity index (χ4n) is 2.60. The van der Waals surface area contributed by atoms with Gasteiger partial charge in [0.05, 0.1) is 12.6 Å². The van der Waals surface area contributed by atoms with Crippen LogP contribution in [0, 0.1) is 5.82 Å². The number of hydrogen-bond donors (Lipinski definition) is 2. The van der Waals surface area contributed by atoms with E-state index in [0.29, 0.717) is 30.2 Å². The standard InChI is InChI=1S/C21H20FN3O3/c1-23-20(27)12-14-2-8-17(9-3-14)25-19(26)10-11-21-24-13-18(28-21)15-4-6-16(22)7-5-15/h2-9,13H,10-12H2,1H3,(H,23,27)(H,25,26). The maximum absolute atomic E-state index is 13.0. The van der Waals surface area contributed by atoms with Gasteiger partial charge in [-0.05, 0) is 42.0 Å². The molecule has 0 radical (unpaired) electrons. The number of nitrogens with one attached hydrogen (secondary N) is 2. The van der Waals surface area contributed by atoms with Crippen molar-refractivity contribution in [1.29, 1.82) is 0 Å². The van der Waals surface area contributed by atoms with Crippen molar-refractivity contribution in [1.82, 2.24) is 10.3 Å². The van der Waals surface area contributed by atoms with Gasteiger partial charge in [-0.15, -0.1) is 0 Å². The largest absolute Gasteiger partial charge is 0.441 e. The lowest BCUT2D eigenvalue weighted by Crippen LogP contribution is -2.19. The molecule has 1 aromatic heterocycles. The molecule has 0 unspecified atom stereocenters. The average Bonchev–Trinajstić information content (AvgIpc) is 3.17. The van der Waals surface area contributed by atoms with Gasteiger partial charge in [0, 0.05) is 31.1 Å². The van der Waals surface area contributed by atoms with Gasteiger partial charge < -0.3 is 15.1 Å². The molecule has 144 valence electrons. The Hall–Kier alpha value is -3.48. The summed E-state index contributed by atoms with van der Waals surface area (Å²) in [4.78, 5) is 27.6. The average molecular weight is 381 g/mol. The number of aryl methyl sites for hydroxylation is 1. The maximum atomic E-state index is 13.0. The molecule has 3 aromatic rings. The third-order valence-corrected chi connectivity index (χ3v) is 4.13. The van der Waals surface area contributed by atoms with E-state index >= 15 is 0 Å². The van der Waals surface area contributed by atoms with Crippen molar-refractivity contribution in [3.63, 3.8) is 0 Å². The minimum atomic E-state index is -0.318. The Morgan fingerprint density at radius 2 is 1.75 bits per heavy atom. The Bertz CT molecular complexity index is 950. The zero-order valence-corrected chi connectivity index (χ0v) is 15.4. The number of halogens is 1. The topological polar surface area (TPSA) is 84.2 Å². The first kappa shape index (κ1) is 19.3. The highest BCUT2D eigenvalue weighted by Crippen LogP contribution is 2.21. The van der Waals surface area contributed by atoms with E-state index in [1.807, 2.05) is 0 Å². The van der Waals surface area contributed by atoms with Crippen LogP contribution in [0.1, 0.15) is 17.9 Å². The normalized spacial score (nSPS) is 10.5. The predicted octanol–water partition coefficient (Wildman–Crippen LogP) is 3.34. The summed E-state index contributed by atoms with van der Waals surface area (Å²) in [6.45, 7) is 0. The second kappa shape index (κ2) is 8.94. The lowest BCUT2D eigenvalue weighted by Gasteiger charge is -2.06. The van der Waals surface area contributed by atoms with Gasteiger partial charge in [0.2, 0.25) is 11.8 Å². The zero-order chi connectivity index (χ0) is 19.9. The van der Waals surface area contributed by atoms with Gasteiger partial charge in [-0.3, -0.25) is 9.59 Å². The van der Waals surface area contributed by atoms with Gasteiger partial charge in [0.15, 0.2) is 11.7 Å². The molecule has 0 saturated heterocycles. The Morgan fingerprint density at radius 1 is 1.04 bits per heavy atom. The van der Waals surface area contributed by atoms with Crippen molar-refractivity contribution in [2.24, 2.45) is 0 Å². The molecular formula is C21H20FN3O3. The molecule has 0 aliphatic carbocycles. The van der Waals surface area contributed by atoms with Crippen molar-refractivity contribution in [3.8, 4) is 11.3 Å². The molecule has 3 rings (SSSR count). The molecule has 2 amide bonds. The van der Waals surface area contributed by atoms with Gasteiger partial charge in [-0.1, -0.05) is 12.1 Å². The number of amides is 2. The number of benzene rings is 2. The Labute approximate surface area is 161 Å². The number of carbonyl (C=O) groups excluding carboxylic acids is 2. The first-order chi connectivity index (χ1) is 13.5. The van der Waals surface area contributed by atoms with Crippen LogP contribution < -0.4 is 10.6 Å². The van der Waals surface area contributed by atoms with Crippen molar-refractivity contribution < 1.29 is 18.4 Å². The molecular weight excluding hydrogens is 361 g/mol. The monoisotopic (exact) mass is 381 g/mol. The number of anilines is 1. The predicted molar refractivity (Wildman–Crippen MR) is 103 cm³/mol. The van der Waals surface area contributed by atoms with Crippen LogP contribution in [0.4, 0.5) is 10.1 Å². The molecule has 2 aromatic carbocycles. The zero-order valence-electron chi connectivity index (χ0n) is 15.4. The van der Waals surface area contributed by atoms with E-state index in [-0.39, 0.29) is 24.1 Å². The highest BCUT2D eigenvalue weighted by Gasteiger charge is 2.10. The van der Waals surface area contributed by atoms with Crippen LogP contribution in [0.25, 0.3) is 11.3 Å². The van der Waals surface area contributed by atoms with Crippen LogP contribution in [-0.2, 0) is 22.4 Å². The number of nitrogens with zero attached hydrogens (tertiary/aromatic N) is 1. The molecule has 0 spiro atoms. The molecule has 7 heteroatoms. The lowest BCUT2D eigenvalue weighted by molar-refractivity contribution is -0.120. The molecule has 0 fully saturated rings. The molecule has 2 N–H and O–H groups in total. The van der Waals surface area contributed by atoms with Crippen LogP contribution in [0.3, 0.4) is 0 Å². The van der Waals surface area contributed by atoms with Crippen LogP contribution in [0.2, 0.25) is 0 Å². The third-order valence-electron chi connectivity index (χ3n) is 4.13. The quantitative estimate of drug-likeness (QED) is 0.657. The molecule has 28 heavy (non-hydrogen) atoms. The van der Waals surface area contributed by atoms with Crippen LogP contribution in [0.15, 0.2) is 59.1 Å². The fourth-order valence-corrected chi connectivity index (χ4v) is 2.60. The Morgan fingerprint density at radius 3 is 2.43 bits per heavy atom. The first-order valence-corrected chi connectivity index (χ1v) is 8.83. The number of carbonyl (C=O) groups is 2. The van der Waals surface area contributed by atoms with Gasteiger partial charge in [0.1, 0.15) is 5.82 Å². The summed E-state index contributed by atoms with van der Waals surface area (Å²) in [6, 6.07) is 13.0. The molecule has 0 saturated carbocycles. The molecule has 0 aliphatic rings. The maximum Gasteiger partial charge on any atom is 0.224 e. The van der Waals surface area contributed by atoms with Gasteiger partial charge in [-0.2, -0.15) is 0 Å². The second-order valence-electron chi connectivity index (χ2n) is 6.22. The van der Waals surface area contributed by atoms with Crippen LogP contribution in [-0.4, -0.2) is 23.8 Å². The Kier molecular flexibility index (Phi) is 6.16. The number of likely N-dealkylation sites (N-methyl/N-ethyl adjacent to an activating group) is 1. The molecule has 1 heterocycles. The third kappa shape index (κ3) is 5.26. The molecule has 0 atom stereocenters.